The normalized spacial score (nSPS) is 10.2. The molecule has 0 heterocycles. The van der Waals surface area contributed by atoms with Crippen LogP contribution in [0.2, 0.25) is 0 Å². The summed E-state index contributed by atoms with van der Waals surface area (Å²) < 4.78 is 38.1. The number of aromatic carboxylic acids is 1. The average molecular weight is 286 g/mol. The summed E-state index contributed by atoms with van der Waals surface area (Å²) in [5.41, 5.74) is -0.209. The van der Waals surface area contributed by atoms with E-state index < -0.39 is 16.4 Å². The first-order chi connectivity index (χ1) is 7.33. The molecule has 0 spiro atoms. The molecule has 0 amide bonds. The second-order valence-electron chi connectivity index (χ2n) is 2.66. The Kier molecular flexibility index (Phi) is 6.62. The van der Waals surface area contributed by atoms with Crippen LogP contribution in [0, 0.1) is 0 Å². The molecule has 9 heteroatoms. The Morgan fingerprint density at radius 1 is 1.35 bits per heavy atom. The van der Waals surface area contributed by atoms with Gasteiger partial charge in [-0.15, -0.1) is 0 Å². The molecule has 0 aromatic heterocycles. The van der Waals surface area contributed by atoms with Crippen LogP contribution in [-0.4, -0.2) is 26.0 Å². The zero-order chi connectivity index (χ0) is 12.3. The van der Waals surface area contributed by atoms with Crippen molar-refractivity contribution in [1.82, 2.24) is 0 Å². The fraction of sp³-hybridized carbons (Fsp3) is 0.125. The zero-order valence-corrected chi connectivity index (χ0v) is 13.0. The van der Waals surface area contributed by atoms with E-state index in [4.69, 9.17) is 9.29 Å². The van der Waals surface area contributed by atoms with Crippen molar-refractivity contribution in [2.45, 2.75) is 0 Å². The van der Waals surface area contributed by atoms with Gasteiger partial charge in [-0.25, -0.2) is 0 Å². The molecule has 0 saturated heterocycles. The van der Waals surface area contributed by atoms with Gasteiger partial charge < -0.3 is 18.8 Å². The molecule has 1 aromatic rings. The predicted molar refractivity (Wildman–Crippen MR) is 49.5 cm³/mol. The van der Waals surface area contributed by atoms with E-state index in [0.29, 0.717) is 0 Å². The largest absolute Gasteiger partial charge is 1.00 e. The van der Waals surface area contributed by atoms with Crippen LogP contribution < -0.4 is 65.4 Å². The molecule has 88 valence electrons. The fourth-order valence-corrected chi connectivity index (χ4v) is 1.34. The Hall–Kier alpha value is -0.164. The van der Waals surface area contributed by atoms with Gasteiger partial charge >= 0.3 is 61.8 Å². The van der Waals surface area contributed by atoms with E-state index in [0.717, 1.165) is 18.2 Å². The maximum atomic E-state index is 10.5. The quantitative estimate of drug-likeness (QED) is 0.447. The third kappa shape index (κ3) is 5.34. The van der Waals surface area contributed by atoms with Crippen LogP contribution in [0.5, 0.6) is 11.5 Å². The van der Waals surface area contributed by atoms with Crippen LogP contribution in [0.15, 0.2) is 18.2 Å². The average Bonchev–Trinajstić information content (AvgIpc) is 2.15. The molecule has 0 atom stereocenters. The Labute approximate surface area is 140 Å². The van der Waals surface area contributed by atoms with Crippen LogP contribution in [0.1, 0.15) is 10.4 Å². The Balaban J connectivity index is 0.00000256. The maximum absolute atomic E-state index is 10.5. The summed E-state index contributed by atoms with van der Waals surface area (Å²) in [6.45, 7) is 0. The summed E-state index contributed by atoms with van der Waals surface area (Å²) in [7, 11) is -3.50. The van der Waals surface area contributed by atoms with E-state index in [-0.39, 0.29) is 68.4 Å². The first-order valence-corrected chi connectivity index (χ1v) is 5.26. The summed E-state index contributed by atoms with van der Waals surface area (Å²) in [6.07, 6.45) is 0. The standard InChI is InChI=1S/C8H8O7S.K/c1-14-7-4-5(8(9)10)2-3-6(7)15-16(11,12)13;/h2-4H,1H3,(H,9,10)(H,11,12,13);/q;+1/p-1. The molecule has 0 aliphatic rings. The number of hydrogen-bond donors (Lipinski definition) is 1. The van der Waals surface area contributed by atoms with Crippen molar-refractivity contribution < 1.29 is 83.2 Å². The van der Waals surface area contributed by atoms with E-state index in [2.05, 4.69) is 4.18 Å². The van der Waals surface area contributed by atoms with Gasteiger partial charge in [0, 0.05) is 5.56 Å². The van der Waals surface area contributed by atoms with Crippen LogP contribution >= 0.6 is 0 Å². The number of carboxylic acids is 1. The van der Waals surface area contributed by atoms with E-state index in [1.54, 1.807) is 0 Å². The number of rotatable bonds is 4. The van der Waals surface area contributed by atoms with Gasteiger partial charge in [0.2, 0.25) is 0 Å². The molecular formula is C8H7KO7S. The number of carbonyl (C=O) groups excluding carboxylic acids is 1. The fourth-order valence-electron chi connectivity index (χ4n) is 0.977. The second-order valence-corrected chi connectivity index (χ2v) is 3.69. The number of methoxy groups -OCH3 is 1. The number of carboxylic acid groups (broad SMARTS) is 1. The van der Waals surface area contributed by atoms with Gasteiger partial charge in [0.25, 0.3) is 0 Å². The van der Waals surface area contributed by atoms with Gasteiger partial charge in [-0.1, -0.05) is 0 Å². The van der Waals surface area contributed by atoms with Crippen molar-refractivity contribution in [1.29, 1.82) is 0 Å². The summed E-state index contributed by atoms with van der Waals surface area (Å²) in [5.74, 6) is -1.92. The summed E-state index contributed by atoms with van der Waals surface area (Å²) in [6, 6.07) is 3.09. The van der Waals surface area contributed by atoms with Gasteiger partial charge in [-0.3, -0.25) is 4.55 Å². The molecule has 0 aliphatic carbocycles. The third-order valence-corrected chi connectivity index (χ3v) is 1.98. The first kappa shape index (κ1) is 16.8. The first-order valence-electron chi connectivity index (χ1n) is 3.90. The van der Waals surface area contributed by atoms with Crippen molar-refractivity contribution in [3.63, 3.8) is 0 Å². The van der Waals surface area contributed by atoms with Gasteiger partial charge in [0.1, 0.15) is 0 Å². The topological polar surface area (TPSA) is 113 Å². The number of ether oxygens (including phenoxy) is 1. The van der Waals surface area contributed by atoms with E-state index in [1.165, 1.54) is 7.11 Å². The predicted octanol–water partition coefficient (Wildman–Crippen LogP) is -3.76. The number of carbonyl (C=O) groups is 1. The molecule has 0 fully saturated rings. The monoisotopic (exact) mass is 286 g/mol. The van der Waals surface area contributed by atoms with Crippen LogP contribution in [0.25, 0.3) is 0 Å². The van der Waals surface area contributed by atoms with Crippen LogP contribution in [0.4, 0.5) is 0 Å². The number of benzene rings is 1. The Morgan fingerprint density at radius 2 is 1.94 bits per heavy atom. The molecule has 1 rings (SSSR count). The minimum absolute atomic E-state index is 0. The number of hydrogen-bond acceptors (Lipinski definition) is 6. The molecule has 0 saturated carbocycles. The molecule has 0 unspecified atom stereocenters. The smallest absolute Gasteiger partial charge is 0.545 e. The van der Waals surface area contributed by atoms with Crippen molar-refractivity contribution >= 4 is 16.4 Å². The van der Waals surface area contributed by atoms with Crippen LogP contribution in [-0.2, 0) is 10.4 Å². The maximum Gasteiger partial charge on any atom is 1.00 e. The van der Waals surface area contributed by atoms with Gasteiger partial charge in [0.15, 0.2) is 11.5 Å². The molecule has 0 bridgehead atoms. The molecule has 0 radical (unpaired) electrons. The van der Waals surface area contributed by atoms with E-state index in [1.807, 2.05) is 0 Å². The molecule has 0 aliphatic heterocycles. The molecular weight excluding hydrogens is 279 g/mol. The Morgan fingerprint density at radius 3 is 2.35 bits per heavy atom. The van der Waals surface area contributed by atoms with Crippen molar-refractivity contribution in [3.05, 3.63) is 23.8 Å². The molecule has 1 aromatic carbocycles. The zero-order valence-electron chi connectivity index (χ0n) is 9.04. The van der Waals surface area contributed by atoms with Crippen molar-refractivity contribution in [3.8, 4) is 11.5 Å². The minimum atomic E-state index is -4.69. The summed E-state index contributed by atoms with van der Waals surface area (Å²) in [4.78, 5) is 10.5. The Bertz CT molecular complexity index is 511. The molecule has 17 heavy (non-hydrogen) atoms. The van der Waals surface area contributed by atoms with E-state index >= 15 is 0 Å². The SMILES string of the molecule is COc1cc(C(=O)[O-])ccc1OS(=O)(=O)O.[K+]. The minimum Gasteiger partial charge on any atom is -0.545 e. The van der Waals surface area contributed by atoms with Crippen molar-refractivity contribution in [2.75, 3.05) is 7.11 Å². The summed E-state index contributed by atoms with van der Waals surface area (Å²) >= 11 is 0. The summed E-state index contributed by atoms with van der Waals surface area (Å²) in [5, 5.41) is 10.5. The van der Waals surface area contributed by atoms with E-state index in [9.17, 15) is 18.3 Å². The van der Waals surface area contributed by atoms with Gasteiger partial charge in [0.05, 0.1) is 13.1 Å². The second kappa shape index (κ2) is 6.68. The van der Waals surface area contributed by atoms with Crippen LogP contribution in [0.3, 0.4) is 0 Å². The third-order valence-electron chi connectivity index (χ3n) is 1.59. The van der Waals surface area contributed by atoms with Crippen molar-refractivity contribution in [2.24, 2.45) is 0 Å². The van der Waals surface area contributed by atoms with Gasteiger partial charge in [-0.05, 0) is 18.2 Å². The molecule has 1 N–H and O–H groups in total. The van der Waals surface area contributed by atoms with Gasteiger partial charge in [-0.2, -0.15) is 8.42 Å². The molecule has 7 nitrogen and oxygen atoms in total.